The molecule has 1 heterocycles. The third-order valence-corrected chi connectivity index (χ3v) is 5.27. The molecule has 0 radical (unpaired) electrons. The summed E-state index contributed by atoms with van der Waals surface area (Å²) in [6.45, 7) is 0.342. The lowest BCUT2D eigenvalue weighted by Gasteiger charge is -2.20. The van der Waals surface area contributed by atoms with Crippen molar-refractivity contribution >= 4 is 53.2 Å². The molecule has 8 heteroatoms. The molecule has 0 unspecified atom stereocenters. The Morgan fingerprint density at radius 1 is 1.10 bits per heavy atom. The van der Waals surface area contributed by atoms with Gasteiger partial charge in [-0.3, -0.25) is 4.79 Å². The number of amides is 3. The predicted octanol–water partition coefficient (Wildman–Crippen LogP) is 3.60. The van der Waals surface area contributed by atoms with E-state index in [1.54, 1.807) is 6.07 Å². The molecule has 1 saturated carbocycles. The van der Waals surface area contributed by atoms with Gasteiger partial charge in [-0.2, -0.15) is 0 Å². The van der Waals surface area contributed by atoms with Crippen LogP contribution in [0.5, 0.6) is 0 Å². The summed E-state index contributed by atoms with van der Waals surface area (Å²) >= 11 is 0. The Morgan fingerprint density at radius 3 is 2.55 bits per heavy atom. The van der Waals surface area contributed by atoms with Crippen LogP contribution in [-0.2, 0) is 11.3 Å². The van der Waals surface area contributed by atoms with E-state index in [0.29, 0.717) is 31.0 Å². The van der Waals surface area contributed by atoms with Crippen molar-refractivity contribution in [1.82, 2.24) is 5.32 Å². The fourth-order valence-electron chi connectivity index (χ4n) is 3.85. The van der Waals surface area contributed by atoms with E-state index in [2.05, 4.69) is 15.6 Å². The molecule has 4 rings (SSSR count). The van der Waals surface area contributed by atoms with Crippen LogP contribution in [0, 0.1) is 0 Å². The number of halogens is 1. The van der Waals surface area contributed by atoms with E-state index < -0.39 is 5.54 Å². The van der Waals surface area contributed by atoms with Gasteiger partial charge in [0.1, 0.15) is 5.54 Å². The van der Waals surface area contributed by atoms with Gasteiger partial charge in [-0.1, -0.05) is 43.2 Å². The zero-order valence-corrected chi connectivity index (χ0v) is 18.3. The summed E-state index contributed by atoms with van der Waals surface area (Å²) in [5, 5.41) is 5.93. The summed E-state index contributed by atoms with van der Waals surface area (Å²) in [5.41, 5.74) is 7.52. The van der Waals surface area contributed by atoms with Crippen LogP contribution >= 0.6 is 24.0 Å². The highest BCUT2D eigenvalue weighted by Gasteiger charge is 2.52. The zero-order chi connectivity index (χ0) is 19.6. The molecular weight excluding hydrogens is 481 g/mol. The summed E-state index contributed by atoms with van der Waals surface area (Å²) in [7, 11) is 0. The van der Waals surface area contributed by atoms with Crippen LogP contribution < -0.4 is 21.3 Å². The van der Waals surface area contributed by atoms with E-state index in [-0.39, 0.29) is 35.9 Å². The number of nitrogens with one attached hydrogen (secondary N) is 2. The van der Waals surface area contributed by atoms with Crippen LogP contribution in [0.15, 0.2) is 59.6 Å². The monoisotopic (exact) mass is 505 g/mol. The maximum Gasteiger partial charge on any atom is 0.329 e. The van der Waals surface area contributed by atoms with Crippen molar-refractivity contribution in [3.05, 3.63) is 60.2 Å². The first kappa shape index (κ1) is 21.1. The molecule has 29 heavy (non-hydrogen) atoms. The number of benzene rings is 2. The summed E-state index contributed by atoms with van der Waals surface area (Å²) in [6.07, 6.45) is 3.34. The van der Waals surface area contributed by atoms with Crippen LogP contribution in [0.3, 0.4) is 0 Å². The van der Waals surface area contributed by atoms with Crippen molar-refractivity contribution in [2.75, 3.05) is 10.2 Å². The quantitative estimate of drug-likeness (QED) is 0.256. The first-order valence-corrected chi connectivity index (χ1v) is 9.45. The Morgan fingerprint density at radius 2 is 1.83 bits per heavy atom. The van der Waals surface area contributed by atoms with Gasteiger partial charge in [0.05, 0.1) is 12.2 Å². The number of para-hydroxylation sites is 1. The van der Waals surface area contributed by atoms with Gasteiger partial charge in [0.25, 0.3) is 5.91 Å². The minimum atomic E-state index is -0.713. The second-order valence-electron chi connectivity index (χ2n) is 7.22. The van der Waals surface area contributed by atoms with Gasteiger partial charge in [-0.05, 0) is 42.7 Å². The molecule has 0 bridgehead atoms. The number of hydrogen-bond donors (Lipinski definition) is 3. The van der Waals surface area contributed by atoms with Crippen LogP contribution in [0.1, 0.15) is 31.2 Å². The van der Waals surface area contributed by atoms with Gasteiger partial charge < -0.3 is 16.4 Å². The van der Waals surface area contributed by atoms with Crippen molar-refractivity contribution in [3.8, 4) is 0 Å². The Bertz CT molecular complexity index is 926. The number of carbonyl (C=O) groups excluding carboxylic acids is 2. The zero-order valence-electron chi connectivity index (χ0n) is 15.9. The standard InChI is InChI=1S/C21H23N5O2.HI/c22-19(24-16-8-2-1-3-9-16)23-14-15-7-6-10-17(13-15)26-18(27)21(25-20(26)28)11-4-5-12-21;/h1-3,6-10,13H,4-5,11-12,14H2,(H,25,28)(H3,22,23,24);1H. The van der Waals surface area contributed by atoms with E-state index >= 15 is 0 Å². The van der Waals surface area contributed by atoms with Crippen LogP contribution in [0.4, 0.5) is 16.2 Å². The molecule has 7 nitrogen and oxygen atoms in total. The van der Waals surface area contributed by atoms with Gasteiger partial charge in [0, 0.05) is 5.69 Å². The molecule has 0 atom stereocenters. The molecule has 2 aromatic rings. The van der Waals surface area contributed by atoms with Gasteiger partial charge in [0.15, 0.2) is 5.96 Å². The summed E-state index contributed by atoms with van der Waals surface area (Å²) < 4.78 is 0. The minimum absolute atomic E-state index is 0. The lowest BCUT2D eigenvalue weighted by Crippen LogP contribution is -2.44. The van der Waals surface area contributed by atoms with E-state index in [1.807, 2.05) is 48.5 Å². The van der Waals surface area contributed by atoms with Crippen LogP contribution in [0.25, 0.3) is 0 Å². The molecule has 2 aromatic carbocycles. The van der Waals surface area contributed by atoms with E-state index in [1.165, 1.54) is 4.90 Å². The van der Waals surface area contributed by atoms with Crippen molar-refractivity contribution < 1.29 is 9.59 Å². The molecule has 3 amide bonds. The number of rotatable bonds is 4. The predicted molar refractivity (Wildman–Crippen MR) is 124 cm³/mol. The summed E-state index contributed by atoms with van der Waals surface area (Å²) in [6, 6.07) is 16.5. The molecule has 1 spiro atoms. The number of aliphatic imine (C=N–C) groups is 1. The molecule has 2 fully saturated rings. The molecule has 4 N–H and O–H groups in total. The van der Waals surface area contributed by atoms with E-state index in [4.69, 9.17) is 5.73 Å². The number of urea groups is 1. The number of imide groups is 1. The van der Waals surface area contributed by atoms with Gasteiger partial charge in [0.2, 0.25) is 0 Å². The van der Waals surface area contributed by atoms with Crippen molar-refractivity contribution in [2.24, 2.45) is 10.7 Å². The second-order valence-corrected chi connectivity index (χ2v) is 7.22. The molecule has 2 aliphatic rings. The third kappa shape index (κ3) is 4.36. The topological polar surface area (TPSA) is 99.8 Å². The maximum absolute atomic E-state index is 12.9. The number of nitrogens with two attached hydrogens (primary N) is 1. The number of guanidine groups is 1. The highest BCUT2D eigenvalue weighted by Crippen LogP contribution is 2.37. The Labute approximate surface area is 186 Å². The lowest BCUT2D eigenvalue weighted by atomic mass is 9.98. The van der Waals surface area contributed by atoms with Gasteiger partial charge in [-0.25, -0.2) is 14.7 Å². The third-order valence-electron chi connectivity index (χ3n) is 5.27. The minimum Gasteiger partial charge on any atom is -0.370 e. The summed E-state index contributed by atoms with van der Waals surface area (Å²) in [5.74, 6) is 0.150. The Hall–Kier alpha value is -2.62. The summed E-state index contributed by atoms with van der Waals surface area (Å²) in [4.78, 5) is 31.0. The average molecular weight is 505 g/mol. The van der Waals surface area contributed by atoms with E-state index in [9.17, 15) is 9.59 Å². The molecule has 0 aromatic heterocycles. The van der Waals surface area contributed by atoms with E-state index in [0.717, 1.165) is 24.1 Å². The van der Waals surface area contributed by atoms with Gasteiger partial charge in [-0.15, -0.1) is 24.0 Å². The fourth-order valence-corrected chi connectivity index (χ4v) is 3.85. The smallest absolute Gasteiger partial charge is 0.329 e. The van der Waals surface area contributed by atoms with Crippen LogP contribution in [-0.4, -0.2) is 23.4 Å². The van der Waals surface area contributed by atoms with Gasteiger partial charge >= 0.3 is 6.03 Å². The normalized spacial score (nSPS) is 17.9. The van der Waals surface area contributed by atoms with Crippen molar-refractivity contribution in [3.63, 3.8) is 0 Å². The number of hydrogen-bond acceptors (Lipinski definition) is 3. The van der Waals surface area contributed by atoms with Crippen molar-refractivity contribution in [1.29, 1.82) is 0 Å². The lowest BCUT2D eigenvalue weighted by molar-refractivity contribution is -0.121. The molecule has 1 aliphatic carbocycles. The Balaban J connectivity index is 0.00000240. The maximum atomic E-state index is 12.9. The SMILES string of the molecule is I.NC(=NCc1cccc(N2C(=O)NC3(CCCC3)C2=O)c1)Nc1ccccc1. The highest BCUT2D eigenvalue weighted by molar-refractivity contribution is 14.0. The number of nitrogens with zero attached hydrogens (tertiary/aromatic N) is 2. The average Bonchev–Trinajstić information content (AvgIpc) is 3.26. The molecule has 1 saturated heterocycles. The first-order chi connectivity index (χ1) is 13.6. The molecular formula is C21H24IN5O2. The fraction of sp³-hybridized carbons (Fsp3) is 0.286. The number of anilines is 2. The van der Waals surface area contributed by atoms with Crippen LogP contribution in [0.2, 0.25) is 0 Å². The molecule has 152 valence electrons. The Kier molecular flexibility index (Phi) is 6.41. The first-order valence-electron chi connectivity index (χ1n) is 9.45. The molecule has 1 aliphatic heterocycles. The largest absolute Gasteiger partial charge is 0.370 e. The highest BCUT2D eigenvalue weighted by atomic mass is 127. The number of carbonyl (C=O) groups is 2. The van der Waals surface area contributed by atoms with Crippen molar-refractivity contribution in [2.45, 2.75) is 37.8 Å². The second kappa shape index (κ2) is 8.81.